The average molecular weight is 220 g/mol. The molecule has 0 radical (unpaired) electrons. The second kappa shape index (κ2) is 3.28. The Morgan fingerprint density at radius 2 is 1.88 bits per heavy atom. The lowest BCUT2D eigenvalue weighted by atomic mass is 9.63. The topological polar surface area (TPSA) is 29.3 Å². The minimum atomic E-state index is -1.01. The number of rotatable bonds is 2. The maximum atomic E-state index is 14.0. The predicted molar refractivity (Wildman–Crippen MR) is 61.7 cm³/mol. The second-order valence-corrected chi connectivity index (χ2v) is 5.50. The molecule has 0 spiro atoms. The first-order valence-electron chi connectivity index (χ1n) is 5.81. The first-order valence-corrected chi connectivity index (χ1v) is 5.81. The Labute approximate surface area is 95.2 Å². The minimum Gasteiger partial charge on any atom is -0.324 e. The molecule has 3 fully saturated rings. The van der Waals surface area contributed by atoms with Crippen LogP contribution in [0.1, 0.15) is 18.4 Å². The van der Waals surface area contributed by atoms with Gasteiger partial charge in [0, 0.05) is 38.0 Å². The second-order valence-electron chi connectivity index (χ2n) is 5.50. The van der Waals surface area contributed by atoms with Crippen LogP contribution in [0, 0.1) is 0 Å². The van der Waals surface area contributed by atoms with Crippen molar-refractivity contribution >= 4 is 0 Å². The van der Waals surface area contributed by atoms with E-state index in [2.05, 4.69) is 17.0 Å². The lowest BCUT2D eigenvalue weighted by Crippen LogP contribution is -2.72. The number of halogens is 1. The summed E-state index contributed by atoms with van der Waals surface area (Å²) in [6.07, 6.45) is 1.09. The number of hydrogen-bond donors (Lipinski definition) is 1. The quantitative estimate of drug-likeness (QED) is 0.822. The Morgan fingerprint density at radius 3 is 2.50 bits per heavy atom. The molecule has 1 aromatic carbocycles. The van der Waals surface area contributed by atoms with Crippen LogP contribution in [-0.2, 0) is 6.54 Å². The van der Waals surface area contributed by atoms with Gasteiger partial charge >= 0.3 is 0 Å². The maximum absolute atomic E-state index is 14.0. The number of benzene rings is 1. The van der Waals surface area contributed by atoms with Crippen molar-refractivity contribution in [2.45, 2.75) is 30.6 Å². The molecule has 1 saturated carbocycles. The number of nitrogens with zero attached hydrogens (tertiary/aromatic N) is 1. The van der Waals surface area contributed by atoms with Crippen LogP contribution in [0.5, 0.6) is 0 Å². The summed E-state index contributed by atoms with van der Waals surface area (Å²) in [5, 5.41) is 0. The molecule has 2 N–H and O–H groups in total. The average Bonchev–Trinajstić information content (AvgIpc) is 2.15. The Balaban J connectivity index is 1.69. The largest absolute Gasteiger partial charge is 0.324 e. The first-order chi connectivity index (χ1) is 7.57. The third-order valence-corrected chi connectivity index (χ3v) is 3.63. The van der Waals surface area contributed by atoms with Crippen LogP contribution in [0.2, 0.25) is 0 Å². The molecule has 16 heavy (non-hydrogen) atoms. The van der Waals surface area contributed by atoms with E-state index in [1.54, 1.807) is 0 Å². The smallest absolute Gasteiger partial charge is 0.127 e. The molecule has 2 bridgehead atoms. The minimum absolute atomic E-state index is 0.262. The van der Waals surface area contributed by atoms with Crippen LogP contribution in [0.25, 0.3) is 0 Å². The van der Waals surface area contributed by atoms with E-state index in [0.29, 0.717) is 19.4 Å². The van der Waals surface area contributed by atoms with Crippen LogP contribution < -0.4 is 5.73 Å². The molecule has 4 rings (SSSR count). The molecule has 0 atom stereocenters. The highest BCUT2D eigenvalue weighted by molar-refractivity contribution is 5.19. The molecule has 0 amide bonds. The van der Waals surface area contributed by atoms with Gasteiger partial charge in [-0.3, -0.25) is 4.90 Å². The van der Waals surface area contributed by atoms with Gasteiger partial charge in [-0.25, -0.2) is 4.39 Å². The van der Waals surface area contributed by atoms with Crippen LogP contribution >= 0.6 is 0 Å². The Hall–Kier alpha value is -0.930. The number of fused-ring (bicyclic) bond motifs is 2. The molecule has 2 nitrogen and oxygen atoms in total. The van der Waals surface area contributed by atoms with Crippen molar-refractivity contribution in [1.82, 2.24) is 4.90 Å². The van der Waals surface area contributed by atoms with Gasteiger partial charge in [0.2, 0.25) is 0 Å². The summed E-state index contributed by atoms with van der Waals surface area (Å²) in [4.78, 5) is 2.14. The molecule has 0 unspecified atom stereocenters. The Morgan fingerprint density at radius 1 is 1.19 bits per heavy atom. The van der Waals surface area contributed by atoms with Gasteiger partial charge in [0.05, 0.1) is 0 Å². The van der Waals surface area contributed by atoms with E-state index < -0.39 is 5.67 Å². The lowest BCUT2D eigenvalue weighted by molar-refractivity contribution is -0.102. The van der Waals surface area contributed by atoms with Crippen LogP contribution in [0.4, 0.5) is 4.39 Å². The van der Waals surface area contributed by atoms with Gasteiger partial charge in [-0.2, -0.15) is 0 Å². The van der Waals surface area contributed by atoms with Gasteiger partial charge in [0.1, 0.15) is 5.67 Å². The first kappa shape index (κ1) is 10.2. The number of hydrogen-bond acceptors (Lipinski definition) is 2. The lowest BCUT2D eigenvalue weighted by Gasteiger charge is -2.58. The summed E-state index contributed by atoms with van der Waals surface area (Å²) < 4.78 is 14.0. The Kier molecular flexibility index (Phi) is 2.10. The monoisotopic (exact) mass is 220 g/mol. The summed E-state index contributed by atoms with van der Waals surface area (Å²) >= 11 is 0. The highest BCUT2D eigenvalue weighted by atomic mass is 19.1. The zero-order valence-electron chi connectivity index (χ0n) is 9.32. The third-order valence-electron chi connectivity index (χ3n) is 3.63. The standard InChI is InChI=1S/C13H17FN2/c14-12-7-13(15,8-12)10-16(9-12)6-11-4-2-1-3-5-11/h1-5H,6-10,15H2. The zero-order valence-corrected chi connectivity index (χ0v) is 9.32. The van der Waals surface area contributed by atoms with E-state index in [4.69, 9.17) is 5.73 Å². The van der Waals surface area contributed by atoms with Gasteiger partial charge in [0.15, 0.2) is 0 Å². The number of nitrogens with two attached hydrogens (primary N) is 1. The van der Waals surface area contributed by atoms with Crippen molar-refractivity contribution in [1.29, 1.82) is 0 Å². The molecular weight excluding hydrogens is 203 g/mol. The van der Waals surface area contributed by atoms with Gasteiger partial charge in [-0.05, 0) is 5.56 Å². The van der Waals surface area contributed by atoms with Gasteiger partial charge in [0.25, 0.3) is 0 Å². The van der Waals surface area contributed by atoms with E-state index in [9.17, 15) is 4.39 Å². The van der Waals surface area contributed by atoms with Gasteiger partial charge in [-0.1, -0.05) is 30.3 Å². The molecule has 1 aromatic rings. The van der Waals surface area contributed by atoms with Crippen molar-refractivity contribution in [3.05, 3.63) is 35.9 Å². The summed E-state index contributed by atoms with van der Waals surface area (Å²) in [6.45, 7) is 2.18. The summed E-state index contributed by atoms with van der Waals surface area (Å²) in [5.74, 6) is 0. The van der Waals surface area contributed by atoms with Crippen molar-refractivity contribution in [2.24, 2.45) is 5.73 Å². The fourth-order valence-corrected chi connectivity index (χ4v) is 3.29. The molecule has 2 heterocycles. The van der Waals surface area contributed by atoms with Gasteiger partial charge < -0.3 is 5.73 Å². The molecule has 0 aromatic heterocycles. The third kappa shape index (κ3) is 1.74. The molecule has 2 aliphatic heterocycles. The highest BCUT2D eigenvalue weighted by Gasteiger charge is 2.58. The van der Waals surface area contributed by atoms with Crippen molar-refractivity contribution in [3.63, 3.8) is 0 Å². The molecule has 3 heteroatoms. The van der Waals surface area contributed by atoms with Crippen molar-refractivity contribution in [2.75, 3.05) is 13.1 Å². The van der Waals surface area contributed by atoms with Crippen molar-refractivity contribution in [3.8, 4) is 0 Å². The predicted octanol–water partition coefficient (Wildman–Crippen LogP) is 1.70. The van der Waals surface area contributed by atoms with Crippen LogP contribution in [0.3, 0.4) is 0 Å². The van der Waals surface area contributed by atoms with Crippen LogP contribution in [-0.4, -0.2) is 29.2 Å². The van der Waals surface area contributed by atoms with Crippen molar-refractivity contribution < 1.29 is 4.39 Å². The van der Waals surface area contributed by atoms with E-state index in [1.807, 2.05) is 18.2 Å². The summed E-state index contributed by atoms with van der Waals surface area (Å²) in [5.41, 5.74) is 6.05. The van der Waals surface area contributed by atoms with E-state index in [0.717, 1.165) is 13.1 Å². The molecule has 2 saturated heterocycles. The summed E-state index contributed by atoms with van der Waals surface area (Å²) in [7, 11) is 0. The van der Waals surface area contributed by atoms with E-state index in [-0.39, 0.29) is 5.54 Å². The molecule has 86 valence electrons. The normalized spacial score (nSPS) is 38.1. The molecule has 1 aliphatic carbocycles. The maximum Gasteiger partial charge on any atom is 0.127 e. The summed E-state index contributed by atoms with van der Waals surface area (Å²) in [6, 6.07) is 10.2. The van der Waals surface area contributed by atoms with Crippen LogP contribution in [0.15, 0.2) is 30.3 Å². The fraction of sp³-hybridized carbons (Fsp3) is 0.538. The molecular formula is C13H17FN2. The highest BCUT2D eigenvalue weighted by Crippen LogP contribution is 2.47. The van der Waals surface area contributed by atoms with Gasteiger partial charge in [-0.15, -0.1) is 0 Å². The number of alkyl halides is 1. The molecule has 3 aliphatic rings. The van der Waals surface area contributed by atoms with E-state index >= 15 is 0 Å². The SMILES string of the molecule is NC12CN(Cc3ccccc3)CC(F)(C1)C2. The number of piperidine rings is 2. The van der Waals surface area contributed by atoms with E-state index in [1.165, 1.54) is 5.56 Å². The zero-order chi connectivity index (χ0) is 11.2. The fourth-order valence-electron chi connectivity index (χ4n) is 3.29. The Bertz CT molecular complexity index is 368.